The molecule has 2 aliphatic carbocycles. The number of ether oxygens (including phenoxy) is 1. The van der Waals surface area contributed by atoms with Gasteiger partial charge in [-0.3, -0.25) is 9.59 Å². The third-order valence-electron chi connectivity index (χ3n) is 8.14. The predicted octanol–water partition coefficient (Wildman–Crippen LogP) is 4.31. The van der Waals surface area contributed by atoms with Crippen molar-refractivity contribution in [2.75, 3.05) is 0 Å². The van der Waals surface area contributed by atoms with E-state index in [9.17, 15) is 19.8 Å². The van der Waals surface area contributed by atoms with Crippen molar-refractivity contribution in [2.24, 2.45) is 11.3 Å². The number of nitrogens with zero attached hydrogens (tertiary/aromatic N) is 2. The average Bonchev–Trinajstić information content (AvgIpc) is 2.74. The Hall–Kier alpha value is -1.54. The van der Waals surface area contributed by atoms with Gasteiger partial charge in [-0.15, -0.1) is 28.3 Å². The first kappa shape index (κ1) is 25.5. The monoisotopic (exact) mass is 510 g/mol. The first-order valence-electron chi connectivity index (χ1n) is 11.6. The lowest BCUT2D eigenvalue weighted by Crippen LogP contribution is -2.56. The number of rotatable bonds is 3. The molecule has 9 heteroatoms. The van der Waals surface area contributed by atoms with E-state index in [1.54, 1.807) is 20.8 Å². The summed E-state index contributed by atoms with van der Waals surface area (Å²) < 4.78 is 6.27. The van der Waals surface area contributed by atoms with Gasteiger partial charge in [0.25, 0.3) is 0 Å². The maximum atomic E-state index is 13.6. The van der Waals surface area contributed by atoms with Gasteiger partial charge in [-0.2, -0.15) is 5.10 Å². The van der Waals surface area contributed by atoms with Crippen molar-refractivity contribution >= 4 is 34.8 Å². The number of halogens is 2. The number of ketones is 2. The summed E-state index contributed by atoms with van der Waals surface area (Å²) in [6.07, 6.45) is 2.59. The van der Waals surface area contributed by atoms with E-state index in [-0.39, 0.29) is 46.4 Å². The molecule has 3 aliphatic rings. The molecule has 7 nitrogen and oxygen atoms in total. The average molecular weight is 511 g/mol. The molecule has 1 saturated carbocycles. The maximum absolute atomic E-state index is 13.6. The molecule has 0 bridgehead atoms. The second kappa shape index (κ2) is 7.99. The normalized spacial score (nSPS) is 36.4. The third-order valence-corrected chi connectivity index (χ3v) is 9.60. The molecule has 4 rings (SSSR count). The summed E-state index contributed by atoms with van der Waals surface area (Å²) >= 11 is 13.3. The number of alkyl halides is 2. The van der Waals surface area contributed by atoms with Crippen LogP contribution in [0.1, 0.15) is 93.6 Å². The number of hydrogen-bond acceptors (Lipinski definition) is 7. The minimum Gasteiger partial charge on any atom is -0.487 e. The Morgan fingerprint density at radius 3 is 2.44 bits per heavy atom. The van der Waals surface area contributed by atoms with Crippen molar-refractivity contribution in [1.29, 1.82) is 0 Å². The van der Waals surface area contributed by atoms with Crippen LogP contribution in [0.5, 0.6) is 0 Å². The molecule has 5 atom stereocenters. The van der Waals surface area contributed by atoms with Gasteiger partial charge in [-0.1, -0.05) is 13.8 Å². The molecule has 1 aromatic rings. The first-order chi connectivity index (χ1) is 15.5. The van der Waals surface area contributed by atoms with Gasteiger partial charge in [-0.25, -0.2) is 0 Å². The highest BCUT2D eigenvalue weighted by molar-refractivity contribution is 6.23. The van der Waals surface area contributed by atoms with Crippen LogP contribution in [0.2, 0.25) is 0 Å². The molecule has 34 heavy (non-hydrogen) atoms. The Balaban J connectivity index is 1.97. The number of aromatic nitrogens is 2. The van der Waals surface area contributed by atoms with E-state index in [1.165, 1.54) is 13.1 Å². The van der Waals surface area contributed by atoms with Crippen LogP contribution in [0.25, 0.3) is 0 Å². The van der Waals surface area contributed by atoms with Gasteiger partial charge in [0.2, 0.25) is 0 Å². The fourth-order valence-corrected chi connectivity index (χ4v) is 6.31. The van der Waals surface area contributed by atoms with Gasteiger partial charge >= 0.3 is 0 Å². The topological polar surface area (TPSA) is 110 Å². The fourth-order valence-electron chi connectivity index (χ4n) is 5.85. The molecule has 5 unspecified atom stereocenters. The predicted molar refractivity (Wildman–Crippen MR) is 128 cm³/mol. The number of carbonyl (C=O) groups is 2. The summed E-state index contributed by atoms with van der Waals surface area (Å²) in [6, 6.07) is 0. The molecule has 186 valence electrons. The van der Waals surface area contributed by atoms with Crippen LogP contribution in [-0.2, 0) is 10.3 Å². The van der Waals surface area contributed by atoms with E-state index >= 15 is 0 Å². The Kier molecular flexibility index (Phi) is 6.00. The Morgan fingerprint density at radius 1 is 1.18 bits per heavy atom. The van der Waals surface area contributed by atoms with E-state index in [1.807, 2.05) is 13.8 Å². The van der Waals surface area contributed by atoms with Crippen molar-refractivity contribution in [3.05, 3.63) is 34.3 Å². The molecule has 1 fully saturated rings. The molecular weight excluding hydrogens is 479 g/mol. The summed E-state index contributed by atoms with van der Waals surface area (Å²) in [7, 11) is 0. The number of carbonyl (C=O) groups excluding carboxylic acids is 2. The van der Waals surface area contributed by atoms with Crippen molar-refractivity contribution < 1.29 is 24.5 Å². The lowest BCUT2D eigenvalue weighted by atomic mass is 9.57. The molecule has 1 aliphatic heterocycles. The van der Waals surface area contributed by atoms with Gasteiger partial charge in [-0.05, 0) is 57.8 Å². The second-order valence-electron chi connectivity index (χ2n) is 11.4. The smallest absolute Gasteiger partial charge is 0.195 e. The zero-order chi connectivity index (χ0) is 25.4. The number of Topliss-reactive ketones (excluding diaryl/α,β-unsaturated/α-hetero) is 2. The fraction of sp³-hybridized carbons (Fsp3) is 0.680. The Morgan fingerprint density at radius 2 is 1.82 bits per heavy atom. The number of aliphatic hydroxyl groups is 2. The van der Waals surface area contributed by atoms with Gasteiger partial charge in [0.1, 0.15) is 22.7 Å². The molecule has 0 spiro atoms. The number of hydrogen-bond donors (Lipinski definition) is 2. The summed E-state index contributed by atoms with van der Waals surface area (Å²) in [5, 5.41) is 31.0. The van der Waals surface area contributed by atoms with Gasteiger partial charge in [0, 0.05) is 23.4 Å². The van der Waals surface area contributed by atoms with Gasteiger partial charge < -0.3 is 14.9 Å². The number of fused-ring (bicyclic) bond motifs is 1. The maximum Gasteiger partial charge on any atom is 0.195 e. The summed E-state index contributed by atoms with van der Waals surface area (Å²) in [5.74, 6) is -1.24. The molecule has 0 radical (unpaired) electrons. The molecule has 0 aromatic carbocycles. The van der Waals surface area contributed by atoms with E-state index < -0.39 is 45.1 Å². The van der Waals surface area contributed by atoms with Crippen molar-refractivity contribution in [3.63, 3.8) is 0 Å². The SMILES string of the molecule is CC(=O)c1nncc2c1C(=O)C1=C(OC(C)(C)C(Cl)C1)C2(O)CC1C(C)(O)CCC(Cl)C1(C)C. The van der Waals surface area contributed by atoms with Crippen molar-refractivity contribution in [1.82, 2.24) is 10.2 Å². The summed E-state index contributed by atoms with van der Waals surface area (Å²) in [5.41, 5.74) is -4.09. The largest absolute Gasteiger partial charge is 0.487 e. The summed E-state index contributed by atoms with van der Waals surface area (Å²) in [6.45, 7) is 10.6. The van der Waals surface area contributed by atoms with Crippen LogP contribution in [0.15, 0.2) is 17.5 Å². The van der Waals surface area contributed by atoms with Crippen LogP contribution >= 0.6 is 23.2 Å². The Bertz CT molecular complexity index is 1100. The van der Waals surface area contributed by atoms with E-state index in [0.29, 0.717) is 12.8 Å². The zero-order valence-corrected chi connectivity index (χ0v) is 21.9. The standard InChI is InChI=1S/C25H32Cl2N2O5/c1-12(30)19-18-14(11-28-29-19)25(33,10-15-22(2,3)16(26)7-8-24(15,6)32)21-13(20(18)31)9-17(27)23(4,5)34-21/h11,15-17,32-33H,7-10H2,1-6H3. The first-order valence-corrected chi connectivity index (χ1v) is 12.5. The third kappa shape index (κ3) is 3.71. The van der Waals surface area contributed by atoms with Crippen LogP contribution in [-0.4, -0.2) is 53.9 Å². The highest BCUT2D eigenvalue weighted by Crippen LogP contribution is 2.57. The summed E-state index contributed by atoms with van der Waals surface area (Å²) in [4.78, 5) is 26.0. The quantitative estimate of drug-likeness (QED) is 0.460. The lowest BCUT2D eigenvalue weighted by Gasteiger charge is -2.54. The molecule has 2 N–H and O–H groups in total. The molecule has 0 amide bonds. The molecular formula is C25H32Cl2N2O5. The van der Waals surface area contributed by atoms with Crippen molar-refractivity contribution in [2.45, 2.75) is 94.8 Å². The highest BCUT2D eigenvalue weighted by Gasteiger charge is 2.58. The minimum absolute atomic E-state index is 0.0153. The van der Waals surface area contributed by atoms with Crippen LogP contribution < -0.4 is 0 Å². The zero-order valence-electron chi connectivity index (χ0n) is 20.4. The highest BCUT2D eigenvalue weighted by atomic mass is 35.5. The van der Waals surface area contributed by atoms with Crippen LogP contribution in [0, 0.1) is 11.3 Å². The van der Waals surface area contributed by atoms with Crippen molar-refractivity contribution in [3.8, 4) is 0 Å². The lowest BCUT2D eigenvalue weighted by molar-refractivity contribution is -0.136. The second-order valence-corrected chi connectivity index (χ2v) is 12.4. The minimum atomic E-state index is -1.84. The van der Waals surface area contributed by atoms with E-state index in [4.69, 9.17) is 27.9 Å². The van der Waals surface area contributed by atoms with Gasteiger partial charge in [0.15, 0.2) is 11.6 Å². The molecule has 2 heterocycles. The van der Waals surface area contributed by atoms with E-state index in [0.717, 1.165) is 0 Å². The van der Waals surface area contributed by atoms with Crippen LogP contribution in [0.4, 0.5) is 0 Å². The molecule has 1 aromatic heterocycles. The number of allylic oxidation sites excluding steroid dienone is 1. The molecule has 0 saturated heterocycles. The Labute approximate surface area is 209 Å². The van der Waals surface area contributed by atoms with Gasteiger partial charge in [0.05, 0.1) is 22.7 Å². The van der Waals surface area contributed by atoms with E-state index in [2.05, 4.69) is 10.2 Å². The van der Waals surface area contributed by atoms with Crippen LogP contribution in [0.3, 0.4) is 0 Å².